The maximum atomic E-state index is 12.4. The molecule has 3 N–H and O–H groups in total. The summed E-state index contributed by atoms with van der Waals surface area (Å²) in [4.78, 5) is 36.0. The average molecular weight is 580 g/mol. The number of nitrogens with zero attached hydrogens (tertiary/aromatic N) is 1. The molecule has 0 spiro atoms. The molecule has 3 amide bonds. The van der Waals surface area contributed by atoms with Gasteiger partial charge in [-0.3, -0.25) is 14.4 Å². The van der Waals surface area contributed by atoms with E-state index in [1.165, 1.54) is 13.3 Å². The minimum atomic E-state index is -0.854. The molecule has 0 saturated heterocycles. The van der Waals surface area contributed by atoms with E-state index in [-0.39, 0.29) is 18.6 Å². The van der Waals surface area contributed by atoms with Crippen LogP contribution in [0.25, 0.3) is 0 Å². The first-order chi connectivity index (χ1) is 16.2. The lowest BCUT2D eigenvalue weighted by Gasteiger charge is -2.14. The molecule has 0 aliphatic heterocycles. The Hall–Kier alpha value is -3.15. The van der Waals surface area contributed by atoms with Crippen LogP contribution in [0.15, 0.2) is 35.4 Å². The van der Waals surface area contributed by atoms with Crippen molar-refractivity contribution < 1.29 is 23.9 Å². The van der Waals surface area contributed by atoms with Crippen LogP contribution >= 0.6 is 22.6 Å². The zero-order chi connectivity index (χ0) is 25.3. The first-order valence-corrected chi connectivity index (χ1v) is 11.7. The number of hydrogen-bond acceptors (Lipinski definition) is 6. The number of rotatable bonds is 9. The highest BCUT2D eigenvalue weighted by Crippen LogP contribution is 2.33. The summed E-state index contributed by atoms with van der Waals surface area (Å²) in [6.07, 6.45) is 2.10. The molecule has 0 aromatic heterocycles. The number of methoxy groups -OCH3 is 1. The maximum absolute atomic E-state index is 12.4. The number of nitrogens with one attached hydrogen (secondary N) is 3. The molecule has 0 saturated carbocycles. The van der Waals surface area contributed by atoms with Crippen LogP contribution in [0.3, 0.4) is 0 Å². The fourth-order valence-electron chi connectivity index (χ4n) is 2.77. The van der Waals surface area contributed by atoms with Gasteiger partial charge in [0.1, 0.15) is 0 Å². The van der Waals surface area contributed by atoms with Crippen LogP contribution in [0.4, 0.5) is 5.69 Å². The molecule has 0 heterocycles. The molecule has 0 aliphatic carbocycles. The van der Waals surface area contributed by atoms with Crippen LogP contribution < -0.4 is 25.5 Å². The monoisotopic (exact) mass is 580 g/mol. The van der Waals surface area contributed by atoms with Gasteiger partial charge in [-0.15, -0.1) is 0 Å². The SMILES string of the molecule is CC[C@@H](C)NC(=O)C(=O)N/N=C\c1cc(I)c(OCC(=O)Nc2cccc(C)c2C)c(OC)c1. The fraction of sp³-hybridized carbons (Fsp3) is 0.333. The van der Waals surface area contributed by atoms with Crippen molar-refractivity contribution >= 4 is 52.2 Å². The van der Waals surface area contributed by atoms with E-state index < -0.39 is 11.8 Å². The van der Waals surface area contributed by atoms with Gasteiger partial charge in [0.25, 0.3) is 5.91 Å². The first-order valence-electron chi connectivity index (χ1n) is 10.7. The van der Waals surface area contributed by atoms with Gasteiger partial charge in [-0.25, -0.2) is 5.43 Å². The molecule has 34 heavy (non-hydrogen) atoms. The third-order valence-corrected chi connectivity index (χ3v) is 5.86. The van der Waals surface area contributed by atoms with Crippen molar-refractivity contribution in [3.05, 3.63) is 50.6 Å². The Morgan fingerprint density at radius 3 is 2.59 bits per heavy atom. The molecule has 0 unspecified atom stereocenters. The molecule has 182 valence electrons. The van der Waals surface area contributed by atoms with E-state index in [9.17, 15) is 14.4 Å². The van der Waals surface area contributed by atoms with E-state index in [4.69, 9.17) is 9.47 Å². The van der Waals surface area contributed by atoms with Crippen LogP contribution in [0.5, 0.6) is 11.5 Å². The lowest BCUT2D eigenvalue weighted by atomic mass is 10.1. The lowest BCUT2D eigenvalue weighted by Crippen LogP contribution is -2.41. The van der Waals surface area contributed by atoms with Crippen LogP contribution in [0.1, 0.15) is 37.0 Å². The van der Waals surface area contributed by atoms with Crippen LogP contribution in [0.2, 0.25) is 0 Å². The number of hydrazone groups is 1. The number of halogens is 1. The molecular formula is C24H29IN4O5. The number of anilines is 1. The van der Waals surface area contributed by atoms with Crippen molar-refractivity contribution in [3.63, 3.8) is 0 Å². The molecule has 2 rings (SSSR count). The molecular weight excluding hydrogens is 551 g/mol. The number of hydrogen-bond donors (Lipinski definition) is 3. The zero-order valence-corrected chi connectivity index (χ0v) is 22.0. The van der Waals surface area contributed by atoms with Crippen LogP contribution in [0, 0.1) is 17.4 Å². The fourth-order valence-corrected chi connectivity index (χ4v) is 3.55. The maximum Gasteiger partial charge on any atom is 0.329 e. The van der Waals surface area contributed by atoms with E-state index in [1.54, 1.807) is 19.1 Å². The first kappa shape index (κ1) is 27.1. The summed E-state index contributed by atoms with van der Waals surface area (Å²) in [7, 11) is 1.48. The summed E-state index contributed by atoms with van der Waals surface area (Å²) in [5, 5.41) is 9.24. The number of aryl methyl sites for hydroxylation is 1. The van der Waals surface area contributed by atoms with Crippen molar-refractivity contribution in [3.8, 4) is 11.5 Å². The van der Waals surface area contributed by atoms with Gasteiger partial charge in [-0.1, -0.05) is 19.1 Å². The average Bonchev–Trinajstić information content (AvgIpc) is 2.80. The van der Waals surface area contributed by atoms with Crippen molar-refractivity contribution in [2.45, 2.75) is 40.2 Å². The molecule has 2 aromatic rings. The van der Waals surface area contributed by atoms with Crippen LogP contribution in [-0.2, 0) is 14.4 Å². The Balaban J connectivity index is 2.01. The van der Waals surface area contributed by atoms with E-state index >= 15 is 0 Å². The van der Waals surface area contributed by atoms with Gasteiger partial charge in [0, 0.05) is 11.7 Å². The van der Waals surface area contributed by atoms with E-state index in [2.05, 4.69) is 43.8 Å². The van der Waals surface area contributed by atoms with Gasteiger partial charge in [-0.05, 0) is 84.7 Å². The van der Waals surface area contributed by atoms with E-state index in [0.29, 0.717) is 27.1 Å². The minimum Gasteiger partial charge on any atom is -0.493 e. The number of ether oxygens (including phenoxy) is 2. The normalized spacial score (nSPS) is 11.6. The number of amides is 3. The summed E-state index contributed by atoms with van der Waals surface area (Å²) < 4.78 is 11.8. The standard InChI is InChI=1S/C24H29IN4O5/c1-6-15(3)27-23(31)24(32)29-26-12-17-10-18(25)22(20(11-17)33-5)34-13-21(30)28-19-9-7-8-14(2)16(19)4/h7-12,15H,6,13H2,1-5H3,(H,27,31)(H,28,30)(H,29,32)/b26-12-/t15-/m1/s1. The van der Waals surface area contributed by atoms with Crippen molar-refractivity contribution in [1.82, 2.24) is 10.7 Å². The highest BCUT2D eigenvalue weighted by Gasteiger charge is 2.16. The van der Waals surface area contributed by atoms with Gasteiger partial charge < -0.3 is 20.1 Å². The predicted molar refractivity (Wildman–Crippen MR) is 139 cm³/mol. The van der Waals surface area contributed by atoms with E-state index in [1.807, 2.05) is 39.0 Å². The van der Waals surface area contributed by atoms with Gasteiger partial charge >= 0.3 is 11.8 Å². The van der Waals surface area contributed by atoms with Gasteiger partial charge in [0.2, 0.25) is 0 Å². The molecule has 0 radical (unpaired) electrons. The van der Waals surface area contributed by atoms with Gasteiger partial charge in [0.05, 0.1) is 16.9 Å². The van der Waals surface area contributed by atoms with Crippen LogP contribution in [-0.4, -0.2) is 43.7 Å². The topological polar surface area (TPSA) is 118 Å². The summed E-state index contributed by atoms with van der Waals surface area (Å²) in [5.41, 5.74) is 5.62. The second kappa shape index (κ2) is 12.9. The largest absolute Gasteiger partial charge is 0.493 e. The predicted octanol–water partition coefficient (Wildman–Crippen LogP) is 3.30. The third kappa shape index (κ3) is 7.72. The molecule has 0 aliphatic rings. The highest BCUT2D eigenvalue weighted by molar-refractivity contribution is 14.1. The molecule has 2 aromatic carbocycles. The summed E-state index contributed by atoms with van der Waals surface area (Å²) in [5.74, 6) is -1.09. The number of benzene rings is 2. The van der Waals surface area contributed by atoms with Crippen molar-refractivity contribution in [2.75, 3.05) is 19.0 Å². The quantitative estimate of drug-likeness (QED) is 0.182. The highest BCUT2D eigenvalue weighted by atomic mass is 127. The summed E-state index contributed by atoms with van der Waals surface area (Å²) >= 11 is 2.06. The second-order valence-corrected chi connectivity index (χ2v) is 8.76. The molecule has 0 bridgehead atoms. The number of carbonyl (C=O) groups is 3. The Kier molecular flexibility index (Phi) is 10.3. The van der Waals surface area contributed by atoms with Crippen molar-refractivity contribution in [1.29, 1.82) is 0 Å². The Morgan fingerprint density at radius 1 is 1.18 bits per heavy atom. The lowest BCUT2D eigenvalue weighted by molar-refractivity contribution is -0.139. The smallest absolute Gasteiger partial charge is 0.329 e. The third-order valence-electron chi connectivity index (χ3n) is 5.05. The Labute approximate surface area is 212 Å². The number of carbonyl (C=O) groups excluding carboxylic acids is 3. The zero-order valence-electron chi connectivity index (χ0n) is 19.8. The Bertz CT molecular complexity index is 1090. The second-order valence-electron chi connectivity index (χ2n) is 7.60. The summed E-state index contributed by atoms with van der Waals surface area (Å²) in [6, 6.07) is 8.98. The van der Waals surface area contributed by atoms with E-state index in [0.717, 1.165) is 16.8 Å². The minimum absolute atomic E-state index is 0.108. The van der Waals surface area contributed by atoms with Gasteiger partial charge in [-0.2, -0.15) is 5.10 Å². The summed E-state index contributed by atoms with van der Waals surface area (Å²) in [6.45, 7) is 7.43. The molecule has 10 heteroatoms. The molecule has 9 nitrogen and oxygen atoms in total. The van der Waals surface area contributed by atoms with Gasteiger partial charge in [0.15, 0.2) is 18.1 Å². The molecule has 0 fully saturated rings. The Morgan fingerprint density at radius 2 is 1.91 bits per heavy atom. The molecule has 1 atom stereocenters. The van der Waals surface area contributed by atoms with Crippen molar-refractivity contribution in [2.24, 2.45) is 5.10 Å².